The van der Waals surface area contributed by atoms with Gasteiger partial charge in [-0.15, -0.1) is 0 Å². The van der Waals surface area contributed by atoms with Crippen molar-refractivity contribution >= 4 is 29.3 Å². The summed E-state index contributed by atoms with van der Waals surface area (Å²) in [6.07, 6.45) is 2.48. The van der Waals surface area contributed by atoms with Crippen molar-refractivity contribution in [3.8, 4) is 11.1 Å². The van der Waals surface area contributed by atoms with Gasteiger partial charge in [-0.05, 0) is 71.9 Å². The fraction of sp³-hybridized carbons (Fsp3) is 0.259. The van der Waals surface area contributed by atoms with E-state index < -0.39 is 12.0 Å². The lowest BCUT2D eigenvalue weighted by Crippen LogP contribution is -2.42. The highest BCUT2D eigenvalue weighted by Gasteiger charge is 2.23. The molecule has 2 N–H and O–H groups in total. The van der Waals surface area contributed by atoms with Crippen LogP contribution in [-0.2, 0) is 16.1 Å². The Labute approximate surface area is 199 Å². The molecule has 0 saturated carbocycles. The number of rotatable bonds is 10. The summed E-state index contributed by atoms with van der Waals surface area (Å²) in [5.41, 5.74) is 5.53. The largest absolute Gasteiger partial charge is 0.467 e. The Hall–Kier alpha value is -3.25. The molecule has 0 aliphatic rings. The second-order valence-corrected chi connectivity index (χ2v) is 8.73. The number of anilines is 1. The molecular formula is C27H30N2O3S. The van der Waals surface area contributed by atoms with Crippen molar-refractivity contribution in [1.82, 2.24) is 5.32 Å². The first-order valence-electron chi connectivity index (χ1n) is 10.9. The molecule has 0 aromatic heterocycles. The van der Waals surface area contributed by atoms with E-state index in [1.165, 1.54) is 7.11 Å². The molecule has 0 aliphatic heterocycles. The van der Waals surface area contributed by atoms with Gasteiger partial charge in [-0.1, -0.05) is 48.5 Å². The van der Waals surface area contributed by atoms with Gasteiger partial charge in [0.2, 0.25) is 0 Å². The Kier molecular flexibility index (Phi) is 8.95. The van der Waals surface area contributed by atoms with Crippen LogP contribution in [0.25, 0.3) is 11.1 Å². The molecule has 0 aliphatic carbocycles. The standard InChI is InChI=1S/C27H30N2O3S/c1-19-9-7-8-12-22(19)24-17-20(18-28-21-10-5-4-6-11-21)13-14-23(24)26(30)29-25(15-16-33-3)27(31)32-2/h4-14,17,25,28H,15-16,18H2,1-3H3,(H,29,30). The molecule has 0 radical (unpaired) electrons. The quantitative estimate of drug-likeness (QED) is 0.400. The molecule has 172 valence electrons. The number of thioether (sulfide) groups is 1. The van der Waals surface area contributed by atoms with E-state index >= 15 is 0 Å². The molecule has 0 saturated heterocycles. The minimum absolute atomic E-state index is 0.285. The summed E-state index contributed by atoms with van der Waals surface area (Å²) in [4.78, 5) is 25.5. The summed E-state index contributed by atoms with van der Waals surface area (Å²) < 4.78 is 4.90. The van der Waals surface area contributed by atoms with E-state index in [9.17, 15) is 9.59 Å². The number of methoxy groups -OCH3 is 1. The zero-order valence-electron chi connectivity index (χ0n) is 19.3. The van der Waals surface area contributed by atoms with Crippen molar-refractivity contribution in [1.29, 1.82) is 0 Å². The maximum absolute atomic E-state index is 13.3. The van der Waals surface area contributed by atoms with Crippen molar-refractivity contribution < 1.29 is 14.3 Å². The molecule has 3 aromatic rings. The second kappa shape index (κ2) is 12.1. The highest BCUT2D eigenvalue weighted by molar-refractivity contribution is 7.98. The van der Waals surface area contributed by atoms with E-state index in [0.29, 0.717) is 18.5 Å². The lowest BCUT2D eigenvalue weighted by molar-refractivity contribution is -0.142. The lowest BCUT2D eigenvalue weighted by Gasteiger charge is -2.19. The van der Waals surface area contributed by atoms with Crippen LogP contribution in [0.4, 0.5) is 5.69 Å². The number of benzene rings is 3. The third kappa shape index (κ3) is 6.62. The fourth-order valence-corrected chi connectivity index (χ4v) is 4.09. The molecule has 33 heavy (non-hydrogen) atoms. The molecule has 0 bridgehead atoms. The topological polar surface area (TPSA) is 67.4 Å². The summed E-state index contributed by atoms with van der Waals surface area (Å²) in [7, 11) is 1.34. The summed E-state index contributed by atoms with van der Waals surface area (Å²) in [6.45, 7) is 2.66. The van der Waals surface area contributed by atoms with E-state index in [2.05, 4.69) is 10.6 Å². The minimum Gasteiger partial charge on any atom is -0.467 e. The van der Waals surface area contributed by atoms with Gasteiger partial charge >= 0.3 is 5.97 Å². The van der Waals surface area contributed by atoms with E-state index in [4.69, 9.17) is 4.74 Å². The normalized spacial score (nSPS) is 11.5. The molecular weight excluding hydrogens is 432 g/mol. The molecule has 1 amide bonds. The van der Waals surface area contributed by atoms with Gasteiger partial charge in [-0.25, -0.2) is 4.79 Å². The first-order chi connectivity index (χ1) is 16.0. The number of ether oxygens (including phenoxy) is 1. The van der Waals surface area contributed by atoms with Crippen molar-refractivity contribution in [3.63, 3.8) is 0 Å². The van der Waals surface area contributed by atoms with Crippen LogP contribution in [0, 0.1) is 6.92 Å². The third-order valence-electron chi connectivity index (χ3n) is 5.44. The first kappa shape index (κ1) is 24.4. The van der Waals surface area contributed by atoms with E-state index in [1.807, 2.05) is 86.0 Å². The zero-order valence-corrected chi connectivity index (χ0v) is 20.1. The fourth-order valence-electron chi connectivity index (χ4n) is 3.62. The number of para-hydroxylation sites is 1. The SMILES string of the molecule is COC(=O)C(CCSC)NC(=O)c1ccc(CNc2ccccc2)cc1-c1ccccc1C. The van der Waals surface area contributed by atoms with Gasteiger partial charge in [0.25, 0.3) is 5.91 Å². The Balaban J connectivity index is 1.91. The molecule has 0 fully saturated rings. The number of hydrogen-bond donors (Lipinski definition) is 2. The number of nitrogens with one attached hydrogen (secondary N) is 2. The van der Waals surface area contributed by atoms with Gasteiger partial charge in [-0.3, -0.25) is 4.79 Å². The van der Waals surface area contributed by atoms with Gasteiger partial charge in [-0.2, -0.15) is 11.8 Å². The van der Waals surface area contributed by atoms with Crippen molar-refractivity contribution in [2.75, 3.05) is 24.4 Å². The van der Waals surface area contributed by atoms with Crippen LogP contribution < -0.4 is 10.6 Å². The van der Waals surface area contributed by atoms with E-state index in [1.54, 1.807) is 11.8 Å². The monoisotopic (exact) mass is 462 g/mol. The number of esters is 1. The molecule has 1 atom stereocenters. The van der Waals surface area contributed by atoms with Gasteiger partial charge in [0, 0.05) is 17.8 Å². The van der Waals surface area contributed by atoms with Gasteiger partial charge < -0.3 is 15.4 Å². The maximum atomic E-state index is 13.3. The van der Waals surface area contributed by atoms with Gasteiger partial charge in [0.05, 0.1) is 7.11 Å². The average molecular weight is 463 g/mol. The maximum Gasteiger partial charge on any atom is 0.328 e. The predicted molar refractivity (Wildman–Crippen MR) is 137 cm³/mol. The number of carbonyl (C=O) groups is 2. The Morgan fingerprint density at radius 2 is 1.70 bits per heavy atom. The van der Waals surface area contributed by atoms with Crippen molar-refractivity contribution in [2.45, 2.75) is 25.9 Å². The van der Waals surface area contributed by atoms with Crippen LogP contribution in [0.3, 0.4) is 0 Å². The first-order valence-corrected chi connectivity index (χ1v) is 12.3. The molecule has 0 heterocycles. The van der Waals surface area contributed by atoms with Crippen LogP contribution in [0.5, 0.6) is 0 Å². The van der Waals surface area contributed by atoms with Crippen LogP contribution in [0.2, 0.25) is 0 Å². The van der Waals surface area contributed by atoms with Crippen LogP contribution in [-0.4, -0.2) is 37.0 Å². The Morgan fingerprint density at radius 1 is 0.970 bits per heavy atom. The average Bonchev–Trinajstić information content (AvgIpc) is 2.85. The predicted octanol–water partition coefficient (Wildman–Crippen LogP) is 5.30. The van der Waals surface area contributed by atoms with Crippen molar-refractivity contribution in [3.05, 3.63) is 89.5 Å². The highest BCUT2D eigenvalue weighted by atomic mass is 32.2. The number of hydrogen-bond acceptors (Lipinski definition) is 5. The Morgan fingerprint density at radius 3 is 2.39 bits per heavy atom. The molecule has 6 heteroatoms. The van der Waals surface area contributed by atoms with Gasteiger partial charge in [0.1, 0.15) is 6.04 Å². The number of amides is 1. The molecule has 3 aromatic carbocycles. The minimum atomic E-state index is -0.681. The summed E-state index contributed by atoms with van der Waals surface area (Å²) in [5.74, 6) is 0.0280. The molecule has 3 rings (SSSR count). The van der Waals surface area contributed by atoms with E-state index in [0.717, 1.165) is 33.7 Å². The molecule has 0 spiro atoms. The van der Waals surface area contributed by atoms with Crippen LogP contribution >= 0.6 is 11.8 Å². The van der Waals surface area contributed by atoms with E-state index in [-0.39, 0.29) is 5.91 Å². The second-order valence-electron chi connectivity index (χ2n) is 7.75. The summed E-state index contributed by atoms with van der Waals surface area (Å²) in [5, 5.41) is 6.30. The zero-order chi connectivity index (χ0) is 23.6. The molecule has 5 nitrogen and oxygen atoms in total. The number of carbonyl (C=O) groups excluding carboxylic acids is 2. The highest BCUT2D eigenvalue weighted by Crippen LogP contribution is 2.28. The Bertz CT molecular complexity index is 1090. The summed E-state index contributed by atoms with van der Waals surface area (Å²) >= 11 is 1.62. The van der Waals surface area contributed by atoms with Crippen LogP contribution in [0.1, 0.15) is 27.9 Å². The molecule has 1 unspecified atom stereocenters. The smallest absolute Gasteiger partial charge is 0.328 e. The number of aryl methyl sites for hydroxylation is 1. The van der Waals surface area contributed by atoms with Gasteiger partial charge in [0.15, 0.2) is 0 Å². The lowest BCUT2D eigenvalue weighted by atomic mass is 9.93. The summed E-state index contributed by atoms with van der Waals surface area (Å²) in [6, 6.07) is 23.1. The van der Waals surface area contributed by atoms with Crippen molar-refractivity contribution in [2.24, 2.45) is 0 Å². The van der Waals surface area contributed by atoms with Crippen LogP contribution in [0.15, 0.2) is 72.8 Å². The third-order valence-corrected chi connectivity index (χ3v) is 6.08.